The number of fused-ring (bicyclic) bond motifs is 1. The van der Waals surface area contributed by atoms with Crippen molar-refractivity contribution in [2.75, 3.05) is 0 Å². The van der Waals surface area contributed by atoms with Crippen molar-refractivity contribution in [2.24, 2.45) is 17.3 Å². The average Bonchev–Trinajstić information content (AvgIpc) is 2.40. The van der Waals surface area contributed by atoms with E-state index in [2.05, 4.69) is 13.8 Å². The third-order valence-electron chi connectivity index (χ3n) is 3.80. The molecular weight excluding hydrogens is 120 g/mol. The van der Waals surface area contributed by atoms with Crippen molar-refractivity contribution in [3.63, 3.8) is 0 Å². The Morgan fingerprint density at radius 3 is 2.70 bits per heavy atom. The van der Waals surface area contributed by atoms with Crippen LogP contribution < -0.4 is 0 Å². The van der Waals surface area contributed by atoms with Crippen LogP contribution in [0.2, 0.25) is 0 Å². The van der Waals surface area contributed by atoms with Crippen LogP contribution in [0.3, 0.4) is 0 Å². The minimum Gasteiger partial charge on any atom is -0.0651 e. The molecule has 2 saturated carbocycles. The van der Waals surface area contributed by atoms with Gasteiger partial charge in [-0.3, -0.25) is 0 Å². The van der Waals surface area contributed by atoms with Crippen LogP contribution in [0.4, 0.5) is 0 Å². The van der Waals surface area contributed by atoms with Crippen molar-refractivity contribution in [3.05, 3.63) is 0 Å². The largest absolute Gasteiger partial charge is 0.0651 e. The normalized spacial score (nSPS) is 45.6. The Balaban J connectivity index is 1.81. The van der Waals surface area contributed by atoms with E-state index in [9.17, 15) is 0 Å². The van der Waals surface area contributed by atoms with Gasteiger partial charge in [0, 0.05) is 0 Å². The van der Waals surface area contributed by atoms with E-state index in [-0.39, 0.29) is 0 Å². The monoisotopic (exact) mass is 138 g/mol. The number of rotatable bonds is 3. The fourth-order valence-electron chi connectivity index (χ4n) is 2.58. The van der Waals surface area contributed by atoms with Gasteiger partial charge in [0.15, 0.2) is 0 Å². The quantitative estimate of drug-likeness (QED) is 0.561. The summed E-state index contributed by atoms with van der Waals surface area (Å²) in [4.78, 5) is 0. The highest BCUT2D eigenvalue weighted by Gasteiger charge is 2.60. The summed E-state index contributed by atoms with van der Waals surface area (Å²) < 4.78 is 0. The first-order chi connectivity index (χ1) is 4.77. The van der Waals surface area contributed by atoms with Crippen LogP contribution >= 0.6 is 0 Å². The summed E-state index contributed by atoms with van der Waals surface area (Å²) in [5.74, 6) is 2.17. The molecule has 0 amide bonds. The lowest BCUT2D eigenvalue weighted by Gasteiger charge is -2.27. The molecule has 10 heavy (non-hydrogen) atoms. The van der Waals surface area contributed by atoms with Gasteiger partial charge in [-0.2, -0.15) is 0 Å². The van der Waals surface area contributed by atoms with E-state index in [1.807, 2.05) is 0 Å². The molecule has 2 aliphatic carbocycles. The summed E-state index contributed by atoms with van der Waals surface area (Å²) in [5, 5.41) is 0. The average molecular weight is 138 g/mol. The maximum absolute atomic E-state index is 2.41. The molecule has 2 aliphatic rings. The van der Waals surface area contributed by atoms with E-state index in [0.29, 0.717) is 0 Å². The summed E-state index contributed by atoms with van der Waals surface area (Å²) in [7, 11) is 0. The molecule has 0 heteroatoms. The summed E-state index contributed by atoms with van der Waals surface area (Å²) in [6.07, 6.45) is 7.61. The molecule has 0 saturated heterocycles. The van der Waals surface area contributed by atoms with Gasteiger partial charge in [0.2, 0.25) is 0 Å². The van der Waals surface area contributed by atoms with Gasteiger partial charge in [-0.1, -0.05) is 20.3 Å². The van der Waals surface area contributed by atoms with E-state index in [1.165, 1.54) is 18.8 Å². The molecule has 3 atom stereocenters. The van der Waals surface area contributed by atoms with Crippen molar-refractivity contribution < 1.29 is 0 Å². The second-order valence-corrected chi connectivity index (χ2v) is 4.52. The molecule has 0 nitrogen and oxygen atoms in total. The first-order valence-electron chi connectivity index (χ1n) is 4.77. The van der Waals surface area contributed by atoms with Gasteiger partial charge in [-0.25, -0.2) is 0 Å². The summed E-state index contributed by atoms with van der Waals surface area (Å²) in [5.41, 5.74) is 0.912. The van der Waals surface area contributed by atoms with Gasteiger partial charge in [-0.05, 0) is 42.9 Å². The molecule has 2 fully saturated rings. The van der Waals surface area contributed by atoms with Crippen molar-refractivity contribution >= 4 is 0 Å². The molecule has 0 aliphatic heterocycles. The lowest BCUT2D eigenvalue weighted by molar-refractivity contribution is 0.232. The van der Waals surface area contributed by atoms with Gasteiger partial charge in [0.25, 0.3) is 0 Å². The predicted octanol–water partition coefficient (Wildman–Crippen LogP) is 3.22. The Morgan fingerprint density at radius 2 is 2.40 bits per heavy atom. The molecule has 0 N–H and O–H groups in total. The van der Waals surface area contributed by atoms with Crippen LogP contribution in [0.1, 0.15) is 46.0 Å². The maximum atomic E-state index is 2.41. The molecule has 0 aromatic heterocycles. The highest BCUT2D eigenvalue weighted by molar-refractivity contribution is 5.10. The third-order valence-corrected chi connectivity index (χ3v) is 3.80. The number of hydrogen-bond acceptors (Lipinski definition) is 0. The number of hydrogen-bond donors (Lipinski definition) is 0. The predicted molar refractivity (Wildman–Crippen MR) is 43.8 cm³/mol. The van der Waals surface area contributed by atoms with Crippen LogP contribution in [-0.4, -0.2) is 0 Å². The second-order valence-electron chi connectivity index (χ2n) is 4.52. The lowest BCUT2D eigenvalue weighted by atomic mass is 9.78. The smallest absolute Gasteiger partial charge is 0.0263 e. The zero-order chi connectivity index (χ0) is 7.19. The van der Waals surface area contributed by atoms with Crippen molar-refractivity contribution in [2.45, 2.75) is 46.0 Å². The highest BCUT2D eigenvalue weighted by atomic mass is 14.6. The molecule has 0 aromatic rings. The maximum Gasteiger partial charge on any atom is -0.0263 e. The van der Waals surface area contributed by atoms with Gasteiger partial charge in [-0.15, -0.1) is 0 Å². The van der Waals surface area contributed by atoms with Crippen molar-refractivity contribution in [1.29, 1.82) is 0 Å². The van der Waals surface area contributed by atoms with Gasteiger partial charge in [0.05, 0.1) is 0 Å². The molecule has 0 bridgehead atoms. The molecule has 0 spiro atoms. The molecular formula is C10H18. The van der Waals surface area contributed by atoms with Crippen LogP contribution in [-0.2, 0) is 0 Å². The zero-order valence-corrected chi connectivity index (χ0v) is 7.19. The minimum absolute atomic E-state index is 0.912. The van der Waals surface area contributed by atoms with Gasteiger partial charge in [0.1, 0.15) is 0 Å². The highest BCUT2D eigenvalue weighted by Crippen LogP contribution is 2.70. The molecule has 58 valence electrons. The summed E-state index contributed by atoms with van der Waals surface area (Å²) >= 11 is 0. The van der Waals surface area contributed by atoms with Crippen LogP contribution in [0.5, 0.6) is 0 Å². The van der Waals surface area contributed by atoms with E-state index in [0.717, 1.165) is 11.3 Å². The van der Waals surface area contributed by atoms with E-state index >= 15 is 0 Å². The fraction of sp³-hybridized carbons (Fsp3) is 1.00. The van der Waals surface area contributed by atoms with E-state index < -0.39 is 0 Å². The molecule has 2 rings (SSSR count). The Labute approximate surface area is 64.0 Å². The summed E-state index contributed by atoms with van der Waals surface area (Å²) in [6, 6.07) is 0. The van der Waals surface area contributed by atoms with Gasteiger partial charge < -0.3 is 0 Å². The van der Waals surface area contributed by atoms with E-state index in [4.69, 9.17) is 0 Å². The van der Waals surface area contributed by atoms with Crippen LogP contribution in [0.25, 0.3) is 0 Å². The topological polar surface area (TPSA) is 0 Å². The summed E-state index contributed by atoms with van der Waals surface area (Å²) in [6.45, 7) is 4.72. The minimum atomic E-state index is 0.912. The van der Waals surface area contributed by atoms with Crippen molar-refractivity contribution in [1.82, 2.24) is 0 Å². The standard InChI is InChI=1S/C10H18/c1-3-8(2)6-10-5-4-9(10)7-10/h8-9H,3-7H2,1-2H3. The fourth-order valence-corrected chi connectivity index (χ4v) is 2.58. The first-order valence-corrected chi connectivity index (χ1v) is 4.77. The first kappa shape index (κ1) is 6.69. The van der Waals surface area contributed by atoms with Gasteiger partial charge >= 0.3 is 0 Å². The SMILES string of the molecule is CCC(C)CC12CCC1C2. The molecule has 0 heterocycles. The van der Waals surface area contributed by atoms with Crippen LogP contribution in [0, 0.1) is 17.3 Å². The van der Waals surface area contributed by atoms with Crippen molar-refractivity contribution in [3.8, 4) is 0 Å². The Morgan fingerprint density at radius 1 is 1.60 bits per heavy atom. The molecule has 3 unspecified atom stereocenters. The zero-order valence-electron chi connectivity index (χ0n) is 7.19. The Hall–Kier alpha value is 0. The third kappa shape index (κ3) is 0.810. The van der Waals surface area contributed by atoms with Crippen LogP contribution in [0.15, 0.2) is 0 Å². The Bertz CT molecular complexity index is 135. The second kappa shape index (κ2) is 1.99. The Kier molecular flexibility index (Phi) is 1.33. The lowest BCUT2D eigenvalue weighted by Crippen LogP contribution is -2.17. The molecule has 0 radical (unpaired) electrons. The van der Waals surface area contributed by atoms with E-state index in [1.54, 1.807) is 19.3 Å². The molecule has 0 aromatic carbocycles.